The van der Waals surface area contributed by atoms with Crippen LogP contribution in [0, 0.1) is 10.4 Å². The SMILES string of the molecule is CCC(=O)c1c(C(F)(F)F)[n+]([O-])c2cc(N3CCN(N)CC3)c(Cl)cc2[n+]1[O-]. The molecule has 1 saturated heterocycles. The third-order valence-corrected chi connectivity index (χ3v) is 4.92. The highest BCUT2D eigenvalue weighted by Crippen LogP contribution is 2.33. The van der Waals surface area contributed by atoms with Crippen molar-refractivity contribution in [2.75, 3.05) is 31.1 Å². The summed E-state index contributed by atoms with van der Waals surface area (Å²) in [7, 11) is 0. The first-order chi connectivity index (χ1) is 13.1. The monoisotopic (exact) mass is 419 g/mol. The Morgan fingerprint density at radius 3 is 2.29 bits per heavy atom. The van der Waals surface area contributed by atoms with Crippen LogP contribution >= 0.6 is 11.6 Å². The van der Waals surface area contributed by atoms with E-state index in [1.807, 2.05) is 0 Å². The van der Waals surface area contributed by atoms with Gasteiger partial charge in [-0.15, -0.1) is 4.73 Å². The van der Waals surface area contributed by atoms with Crippen LogP contribution in [-0.4, -0.2) is 37.0 Å². The summed E-state index contributed by atoms with van der Waals surface area (Å²) in [5.41, 5.74) is -3.69. The average Bonchev–Trinajstić information content (AvgIpc) is 2.63. The summed E-state index contributed by atoms with van der Waals surface area (Å²) in [6.07, 6.45) is -5.56. The molecule has 0 spiro atoms. The van der Waals surface area contributed by atoms with E-state index < -0.39 is 39.1 Å². The van der Waals surface area contributed by atoms with Crippen LogP contribution < -0.4 is 20.2 Å². The number of carbonyl (C=O) groups is 1. The lowest BCUT2D eigenvalue weighted by molar-refractivity contribution is -0.647. The van der Waals surface area contributed by atoms with Crippen LogP contribution in [0.2, 0.25) is 5.02 Å². The van der Waals surface area contributed by atoms with E-state index in [2.05, 4.69) is 0 Å². The van der Waals surface area contributed by atoms with Crippen molar-refractivity contribution in [1.82, 2.24) is 5.01 Å². The number of anilines is 1. The first-order valence-corrected chi connectivity index (χ1v) is 8.81. The second-order valence-corrected chi connectivity index (χ2v) is 6.78. The molecule has 0 unspecified atom stereocenters. The molecule has 0 aliphatic carbocycles. The molecule has 1 aliphatic heterocycles. The van der Waals surface area contributed by atoms with Gasteiger partial charge in [-0.2, -0.15) is 17.9 Å². The van der Waals surface area contributed by atoms with Crippen molar-refractivity contribution in [2.45, 2.75) is 19.5 Å². The lowest BCUT2D eigenvalue weighted by atomic mass is 10.1. The van der Waals surface area contributed by atoms with Crippen molar-refractivity contribution < 1.29 is 27.4 Å². The Morgan fingerprint density at radius 1 is 1.18 bits per heavy atom. The summed E-state index contributed by atoms with van der Waals surface area (Å²) in [5.74, 6) is 4.60. The normalized spacial score (nSPS) is 16.0. The maximum absolute atomic E-state index is 13.5. The van der Waals surface area contributed by atoms with Crippen LogP contribution in [0.4, 0.5) is 18.9 Å². The lowest BCUT2D eigenvalue weighted by Crippen LogP contribution is -2.51. The van der Waals surface area contributed by atoms with Crippen molar-refractivity contribution >= 4 is 34.1 Å². The Balaban J connectivity index is 2.29. The Labute approximate surface area is 162 Å². The van der Waals surface area contributed by atoms with Gasteiger partial charge in [-0.3, -0.25) is 10.6 Å². The Bertz CT molecular complexity index is 946. The number of Topliss-reactive ketones (excluding diaryl/α,β-unsaturated/α-hetero) is 1. The summed E-state index contributed by atoms with van der Waals surface area (Å²) in [6, 6.07) is 2.25. The first kappa shape index (κ1) is 20.4. The second kappa shape index (κ2) is 7.22. The Morgan fingerprint density at radius 2 is 1.75 bits per heavy atom. The van der Waals surface area contributed by atoms with Crippen molar-refractivity contribution in [3.63, 3.8) is 0 Å². The number of aromatic nitrogens is 2. The number of halogens is 4. The zero-order chi connectivity index (χ0) is 20.8. The number of nitrogens with zero attached hydrogens (tertiary/aromatic N) is 4. The summed E-state index contributed by atoms with van der Waals surface area (Å²) in [6.45, 7) is 3.16. The molecule has 28 heavy (non-hydrogen) atoms. The number of hydrazine groups is 1. The molecule has 1 aromatic heterocycles. The highest BCUT2D eigenvalue weighted by atomic mass is 35.5. The number of ketones is 1. The number of nitrogens with two attached hydrogens (primary N) is 1. The number of hydrogen-bond acceptors (Lipinski definition) is 6. The average molecular weight is 420 g/mol. The molecule has 8 nitrogen and oxygen atoms in total. The van der Waals surface area contributed by atoms with Crippen molar-refractivity contribution in [3.05, 3.63) is 39.0 Å². The topological polar surface area (TPSA) is 103 Å². The van der Waals surface area contributed by atoms with Gasteiger partial charge in [-0.1, -0.05) is 18.5 Å². The number of benzene rings is 1. The summed E-state index contributed by atoms with van der Waals surface area (Å²) in [5, 5.41) is 26.8. The molecule has 0 atom stereocenters. The molecule has 0 radical (unpaired) electrons. The van der Waals surface area contributed by atoms with E-state index in [1.165, 1.54) is 6.92 Å². The van der Waals surface area contributed by atoms with Gasteiger partial charge in [0.25, 0.3) is 11.0 Å². The minimum absolute atomic E-state index is 0.0808. The molecule has 3 rings (SSSR count). The zero-order valence-corrected chi connectivity index (χ0v) is 15.5. The zero-order valence-electron chi connectivity index (χ0n) is 14.8. The second-order valence-electron chi connectivity index (χ2n) is 6.38. The molecule has 2 aromatic rings. The Hall–Kier alpha value is -2.37. The van der Waals surface area contributed by atoms with Gasteiger partial charge in [0.1, 0.15) is 0 Å². The van der Waals surface area contributed by atoms with Crippen LogP contribution in [0.3, 0.4) is 0 Å². The number of hydrogen-bond donors (Lipinski definition) is 1. The minimum atomic E-state index is -5.19. The van der Waals surface area contributed by atoms with Gasteiger partial charge in [-0.05, 0) is 0 Å². The lowest BCUT2D eigenvalue weighted by Gasteiger charge is -2.34. The van der Waals surface area contributed by atoms with E-state index >= 15 is 0 Å². The van der Waals surface area contributed by atoms with Crippen LogP contribution in [0.1, 0.15) is 29.5 Å². The summed E-state index contributed by atoms with van der Waals surface area (Å²) in [4.78, 5) is 13.8. The van der Waals surface area contributed by atoms with E-state index in [9.17, 15) is 28.4 Å². The van der Waals surface area contributed by atoms with Gasteiger partial charge in [0.15, 0.2) is 0 Å². The Kier molecular flexibility index (Phi) is 5.26. The number of carbonyl (C=O) groups excluding carboxylic acids is 1. The fourth-order valence-electron chi connectivity index (χ4n) is 3.17. The summed E-state index contributed by atoms with van der Waals surface area (Å²) < 4.78 is 40.0. The molecule has 2 N–H and O–H groups in total. The van der Waals surface area contributed by atoms with Gasteiger partial charge in [0.2, 0.25) is 5.78 Å². The highest BCUT2D eigenvalue weighted by molar-refractivity contribution is 6.34. The van der Waals surface area contributed by atoms with Crippen LogP contribution in [0.5, 0.6) is 0 Å². The molecule has 1 fully saturated rings. The minimum Gasteiger partial charge on any atom is -0.618 e. The van der Waals surface area contributed by atoms with Gasteiger partial charge < -0.3 is 15.3 Å². The standard InChI is InChI=1S/C16H17ClF3N5O3/c1-2-13(26)14-15(16(18,19)20)25(28)12-8-10(9(17)7-11(12)24(14)27)22-3-5-23(21)6-4-22/h7-8H,2-6,21H2,1H3. The van der Waals surface area contributed by atoms with Crippen LogP contribution in [-0.2, 0) is 6.18 Å². The third-order valence-electron chi connectivity index (χ3n) is 4.62. The van der Waals surface area contributed by atoms with Gasteiger partial charge in [0.05, 0.1) is 10.7 Å². The maximum atomic E-state index is 13.5. The molecule has 1 aliphatic rings. The predicted octanol–water partition coefficient (Wildman–Crippen LogP) is 1.37. The largest absolute Gasteiger partial charge is 0.618 e. The number of fused-ring (bicyclic) bond motifs is 1. The predicted molar refractivity (Wildman–Crippen MR) is 94.5 cm³/mol. The molecule has 12 heteroatoms. The van der Waals surface area contributed by atoms with E-state index in [0.29, 0.717) is 31.9 Å². The van der Waals surface area contributed by atoms with Crippen molar-refractivity contribution in [1.29, 1.82) is 0 Å². The molecule has 0 saturated carbocycles. The molecule has 152 valence electrons. The van der Waals surface area contributed by atoms with Crippen LogP contribution in [0.15, 0.2) is 12.1 Å². The van der Waals surface area contributed by atoms with Gasteiger partial charge in [-0.25, -0.2) is 5.01 Å². The molecular weight excluding hydrogens is 403 g/mol. The molecule has 0 amide bonds. The molecule has 1 aromatic carbocycles. The molecular formula is C16H17ClF3N5O3. The number of rotatable bonds is 3. The first-order valence-electron chi connectivity index (χ1n) is 8.43. The van der Waals surface area contributed by atoms with Gasteiger partial charge >= 0.3 is 17.6 Å². The summed E-state index contributed by atoms with van der Waals surface area (Å²) >= 11 is 6.24. The van der Waals surface area contributed by atoms with E-state index in [-0.39, 0.29) is 16.2 Å². The third kappa shape index (κ3) is 3.40. The molecule has 0 bridgehead atoms. The van der Waals surface area contributed by atoms with Crippen molar-refractivity contribution in [3.8, 4) is 0 Å². The maximum Gasteiger partial charge on any atom is 0.486 e. The van der Waals surface area contributed by atoms with E-state index in [4.69, 9.17) is 17.4 Å². The van der Waals surface area contributed by atoms with Gasteiger partial charge in [0, 0.05) is 44.7 Å². The van der Waals surface area contributed by atoms with E-state index in [0.717, 1.165) is 12.1 Å². The smallest absolute Gasteiger partial charge is 0.486 e. The number of piperazine rings is 1. The molecule has 2 heterocycles. The number of alkyl halides is 3. The van der Waals surface area contributed by atoms with Crippen molar-refractivity contribution in [2.24, 2.45) is 5.84 Å². The van der Waals surface area contributed by atoms with Crippen LogP contribution in [0.25, 0.3) is 11.0 Å². The fraction of sp³-hybridized carbons (Fsp3) is 0.438. The quantitative estimate of drug-likeness (QED) is 0.349. The fourth-order valence-corrected chi connectivity index (χ4v) is 3.44. The van der Waals surface area contributed by atoms with E-state index in [1.54, 1.807) is 9.91 Å². The highest BCUT2D eigenvalue weighted by Gasteiger charge is 2.51.